The first-order valence-corrected chi connectivity index (χ1v) is 8.40. The second kappa shape index (κ2) is 5.74. The van der Waals surface area contributed by atoms with Gasteiger partial charge >= 0.3 is 0 Å². The van der Waals surface area contributed by atoms with Crippen LogP contribution in [0, 0.1) is 5.92 Å². The minimum Gasteiger partial charge on any atom is -0.326 e. The van der Waals surface area contributed by atoms with Crippen LogP contribution < -0.4 is 5.32 Å². The number of rotatable bonds is 4. The summed E-state index contributed by atoms with van der Waals surface area (Å²) in [7, 11) is -2.90. The van der Waals surface area contributed by atoms with Gasteiger partial charge in [0.05, 0.1) is 11.5 Å². The number of carbonyl (C=O) groups excluding carboxylic acids is 1. The Labute approximate surface area is 114 Å². The van der Waals surface area contributed by atoms with Gasteiger partial charge in [-0.1, -0.05) is 19.1 Å². The molecule has 0 saturated carbocycles. The van der Waals surface area contributed by atoms with Crippen molar-refractivity contribution in [1.82, 2.24) is 0 Å². The molecule has 4 nitrogen and oxygen atoms in total. The summed E-state index contributed by atoms with van der Waals surface area (Å²) >= 11 is 0. The van der Waals surface area contributed by atoms with E-state index >= 15 is 0 Å². The molecule has 0 aliphatic carbocycles. The summed E-state index contributed by atoms with van der Waals surface area (Å²) in [5, 5.41) is 2.84. The molecular formula is C14H19NO3S. The topological polar surface area (TPSA) is 63.2 Å². The third-order valence-electron chi connectivity index (χ3n) is 3.42. The SMILES string of the molecule is CCc1cccc(NC(=O)C[C@H]2CCS(=O)(=O)C2)c1. The average Bonchev–Trinajstić information content (AvgIpc) is 2.68. The highest BCUT2D eigenvalue weighted by molar-refractivity contribution is 7.91. The van der Waals surface area contributed by atoms with E-state index < -0.39 is 9.84 Å². The lowest BCUT2D eigenvalue weighted by Gasteiger charge is -2.09. The smallest absolute Gasteiger partial charge is 0.224 e. The lowest BCUT2D eigenvalue weighted by Crippen LogP contribution is -2.17. The van der Waals surface area contributed by atoms with Crippen molar-refractivity contribution in [2.45, 2.75) is 26.2 Å². The summed E-state index contributed by atoms with van der Waals surface area (Å²) in [5.41, 5.74) is 1.95. The molecule has 1 aliphatic heterocycles. The minimum atomic E-state index is -2.90. The maximum absolute atomic E-state index is 11.9. The molecule has 1 aromatic rings. The molecule has 104 valence electrons. The first-order valence-electron chi connectivity index (χ1n) is 6.58. The molecule has 0 unspecified atom stereocenters. The van der Waals surface area contributed by atoms with E-state index in [2.05, 4.69) is 12.2 Å². The maximum atomic E-state index is 11.9. The lowest BCUT2D eigenvalue weighted by atomic mass is 10.0. The van der Waals surface area contributed by atoms with Crippen LogP contribution in [0.1, 0.15) is 25.3 Å². The molecule has 1 amide bonds. The van der Waals surface area contributed by atoms with Crippen LogP contribution in [0.5, 0.6) is 0 Å². The van der Waals surface area contributed by atoms with Crippen LogP contribution in [0.2, 0.25) is 0 Å². The lowest BCUT2D eigenvalue weighted by molar-refractivity contribution is -0.116. The third kappa shape index (κ3) is 4.06. The average molecular weight is 281 g/mol. The van der Waals surface area contributed by atoms with E-state index in [1.807, 2.05) is 24.3 Å². The monoisotopic (exact) mass is 281 g/mol. The zero-order valence-electron chi connectivity index (χ0n) is 11.1. The Kier molecular flexibility index (Phi) is 4.24. The Balaban J connectivity index is 1.91. The second-order valence-electron chi connectivity index (χ2n) is 5.08. The van der Waals surface area contributed by atoms with Gasteiger partial charge in [0.25, 0.3) is 0 Å². The molecule has 1 N–H and O–H groups in total. The summed E-state index contributed by atoms with van der Waals surface area (Å²) in [4.78, 5) is 11.9. The normalized spacial score (nSPS) is 21.2. The van der Waals surface area contributed by atoms with Gasteiger partial charge in [-0.2, -0.15) is 0 Å². The number of hydrogen-bond donors (Lipinski definition) is 1. The van der Waals surface area contributed by atoms with Crippen LogP contribution in [0.4, 0.5) is 5.69 Å². The van der Waals surface area contributed by atoms with Gasteiger partial charge in [-0.25, -0.2) is 8.42 Å². The van der Waals surface area contributed by atoms with Gasteiger partial charge in [-0.15, -0.1) is 0 Å². The van der Waals surface area contributed by atoms with Crippen LogP contribution >= 0.6 is 0 Å². The summed E-state index contributed by atoms with van der Waals surface area (Å²) in [5.74, 6) is 0.237. The first-order chi connectivity index (χ1) is 8.98. The summed E-state index contributed by atoms with van der Waals surface area (Å²) in [6, 6.07) is 7.72. The van der Waals surface area contributed by atoms with Crippen molar-refractivity contribution in [2.24, 2.45) is 5.92 Å². The fraction of sp³-hybridized carbons (Fsp3) is 0.500. The Bertz CT molecular complexity index is 566. The van der Waals surface area contributed by atoms with Crippen molar-refractivity contribution in [3.8, 4) is 0 Å². The van der Waals surface area contributed by atoms with Crippen molar-refractivity contribution in [2.75, 3.05) is 16.8 Å². The Morgan fingerprint density at radius 1 is 1.42 bits per heavy atom. The van der Waals surface area contributed by atoms with Crippen molar-refractivity contribution in [1.29, 1.82) is 0 Å². The van der Waals surface area contributed by atoms with Crippen LogP contribution in [0.15, 0.2) is 24.3 Å². The Morgan fingerprint density at radius 2 is 2.21 bits per heavy atom. The van der Waals surface area contributed by atoms with E-state index in [-0.39, 0.29) is 29.8 Å². The van der Waals surface area contributed by atoms with Crippen LogP contribution in [0.3, 0.4) is 0 Å². The maximum Gasteiger partial charge on any atom is 0.224 e. The van der Waals surface area contributed by atoms with Crippen LogP contribution in [-0.2, 0) is 21.1 Å². The predicted octanol–water partition coefficient (Wildman–Crippen LogP) is 2.01. The van der Waals surface area contributed by atoms with Gasteiger partial charge in [0.1, 0.15) is 0 Å². The second-order valence-corrected chi connectivity index (χ2v) is 7.30. The number of anilines is 1. The molecule has 1 aromatic carbocycles. The van der Waals surface area contributed by atoms with Crippen LogP contribution in [-0.4, -0.2) is 25.8 Å². The zero-order chi connectivity index (χ0) is 13.9. The molecule has 1 atom stereocenters. The van der Waals surface area contributed by atoms with E-state index in [0.29, 0.717) is 6.42 Å². The summed E-state index contributed by atoms with van der Waals surface area (Å²) < 4.78 is 22.7. The van der Waals surface area contributed by atoms with E-state index in [9.17, 15) is 13.2 Å². The van der Waals surface area contributed by atoms with Gasteiger partial charge in [0.15, 0.2) is 9.84 Å². The molecule has 1 saturated heterocycles. The number of nitrogens with one attached hydrogen (secondary N) is 1. The number of benzene rings is 1. The highest BCUT2D eigenvalue weighted by Gasteiger charge is 2.29. The number of hydrogen-bond acceptors (Lipinski definition) is 3. The number of amides is 1. The van der Waals surface area contributed by atoms with Gasteiger partial charge in [-0.3, -0.25) is 4.79 Å². The summed E-state index contributed by atoms with van der Waals surface area (Å²) in [6.07, 6.45) is 1.81. The molecule has 1 fully saturated rings. The highest BCUT2D eigenvalue weighted by Crippen LogP contribution is 2.22. The van der Waals surface area contributed by atoms with Crippen molar-refractivity contribution >= 4 is 21.4 Å². The fourth-order valence-corrected chi connectivity index (χ4v) is 4.24. The van der Waals surface area contributed by atoms with E-state index in [1.165, 1.54) is 5.56 Å². The Morgan fingerprint density at radius 3 is 2.84 bits per heavy atom. The minimum absolute atomic E-state index is 0.0284. The van der Waals surface area contributed by atoms with Crippen molar-refractivity contribution < 1.29 is 13.2 Å². The number of carbonyl (C=O) groups is 1. The molecule has 0 radical (unpaired) electrons. The molecule has 19 heavy (non-hydrogen) atoms. The quantitative estimate of drug-likeness (QED) is 0.918. The van der Waals surface area contributed by atoms with Gasteiger partial charge in [0, 0.05) is 12.1 Å². The molecule has 1 aliphatic rings. The molecular weight excluding hydrogens is 262 g/mol. The van der Waals surface area contributed by atoms with E-state index in [1.54, 1.807) is 0 Å². The van der Waals surface area contributed by atoms with Gasteiger partial charge in [-0.05, 0) is 36.5 Å². The third-order valence-corrected chi connectivity index (χ3v) is 5.26. The summed E-state index contributed by atoms with van der Waals surface area (Å²) in [6.45, 7) is 2.06. The molecule has 1 heterocycles. The molecule has 2 rings (SSSR count). The largest absolute Gasteiger partial charge is 0.326 e. The van der Waals surface area contributed by atoms with E-state index in [0.717, 1.165) is 12.1 Å². The zero-order valence-corrected chi connectivity index (χ0v) is 11.9. The molecule has 0 spiro atoms. The van der Waals surface area contributed by atoms with Gasteiger partial charge < -0.3 is 5.32 Å². The van der Waals surface area contributed by atoms with E-state index in [4.69, 9.17) is 0 Å². The Hall–Kier alpha value is -1.36. The molecule has 0 bridgehead atoms. The predicted molar refractivity (Wildman–Crippen MR) is 75.8 cm³/mol. The van der Waals surface area contributed by atoms with Crippen LogP contribution in [0.25, 0.3) is 0 Å². The number of sulfone groups is 1. The van der Waals surface area contributed by atoms with Crippen molar-refractivity contribution in [3.63, 3.8) is 0 Å². The van der Waals surface area contributed by atoms with Crippen molar-refractivity contribution in [3.05, 3.63) is 29.8 Å². The fourth-order valence-electron chi connectivity index (χ4n) is 2.38. The molecule has 5 heteroatoms. The standard InChI is InChI=1S/C14H19NO3S/c1-2-11-4-3-5-13(8-11)15-14(16)9-12-6-7-19(17,18)10-12/h3-5,8,12H,2,6-7,9-10H2,1H3,(H,15,16)/t12-/m1/s1. The first kappa shape index (κ1) is 14.1. The molecule has 0 aromatic heterocycles. The van der Waals surface area contributed by atoms with Gasteiger partial charge in [0.2, 0.25) is 5.91 Å². The highest BCUT2D eigenvalue weighted by atomic mass is 32.2. The number of aryl methyl sites for hydroxylation is 1.